The summed E-state index contributed by atoms with van der Waals surface area (Å²) < 4.78 is 1.20. The maximum absolute atomic E-state index is 3.95. The maximum Gasteiger partial charge on any atom is 0.0890 e. The molecule has 1 nitrogen and oxygen atoms in total. The fourth-order valence-electron chi connectivity index (χ4n) is 0.419. The van der Waals surface area contributed by atoms with Gasteiger partial charge in [0.15, 0.2) is 0 Å². The van der Waals surface area contributed by atoms with Gasteiger partial charge in [-0.1, -0.05) is 0 Å². The second kappa shape index (κ2) is 2.44. The Balaban J connectivity index is 3.13. The van der Waals surface area contributed by atoms with Crippen LogP contribution in [0.4, 0.5) is 0 Å². The monoisotopic (exact) mass is 218 g/mol. The van der Waals surface area contributed by atoms with Gasteiger partial charge in [0.25, 0.3) is 0 Å². The second-order valence-corrected chi connectivity index (χ2v) is 2.67. The standard InChI is InChI=1S/C6H5IN/c1-5-6(7)3-2-4-8-5/h2-3H,1H3. The van der Waals surface area contributed by atoms with Gasteiger partial charge in [-0.05, 0) is 41.6 Å². The summed E-state index contributed by atoms with van der Waals surface area (Å²) >= 11 is 2.24. The van der Waals surface area contributed by atoms with Gasteiger partial charge >= 0.3 is 0 Å². The molecule has 1 radical (unpaired) electrons. The molecule has 0 fully saturated rings. The van der Waals surface area contributed by atoms with Gasteiger partial charge in [-0.2, -0.15) is 0 Å². The lowest BCUT2D eigenvalue weighted by Gasteiger charge is -1.89. The molecule has 0 aliphatic heterocycles. The first-order valence-corrected chi connectivity index (χ1v) is 3.38. The molecule has 2 heteroatoms. The van der Waals surface area contributed by atoms with Crippen LogP contribution in [0.15, 0.2) is 12.1 Å². The summed E-state index contributed by atoms with van der Waals surface area (Å²) in [5, 5.41) is 0. The van der Waals surface area contributed by atoms with E-state index in [0.29, 0.717) is 0 Å². The summed E-state index contributed by atoms with van der Waals surface area (Å²) in [6, 6.07) is 3.80. The first kappa shape index (κ1) is 6.01. The lowest BCUT2D eigenvalue weighted by molar-refractivity contribution is 1.17. The zero-order valence-corrected chi connectivity index (χ0v) is 6.64. The average molecular weight is 218 g/mol. The SMILES string of the molecule is Cc1n[c]ccc1I. The van der Waals surface area contributed by atoms with Crippen molar-refractivity contribution >= 4 is 22.6 Å². The Morgan fingerprint density at radius 2 is 2.50 bits per heavy atom. The molecule has 0 N–H and O–H groups in total. The second-order valence-electron chi connectivity index (χ2n) is 1.51. The van der Waals surface area contributed by atoms with Crippen LogP contribution in [-0.4, -0.2) is 4.98 Å². The van der Waals surface area contributed by atoms with E-state index in [4.69, 9.17) is 0 Å². The minimum absolute atomic E-state index is 1.05. The predicted molar refractivity (Wildman–Crippen MR) is 40.5 cm³/mol. The highest BCUT2D eigenvalue weighted by Gasteiger charge is 1.88. The molecule has 0 aromatic carbocycles. The third-order valence-corrected chi connectivity index (χ3v) is 2.02. The van der Waals surface area contributed by atoms with Crippen molar-refractivity contribution in [2.45, 2.75) is 6.92 Å². The molecule has 8 heavy (non-hydrogen) atoms. The van der Waals surface area contributed by atoms with Gasteiger partial charge in [0.2, 0.25) is 0 Å². The molecule has 1 rings (SSSR count). The highest BCUT2D eigenvalue weighted by atomic mass is 127. The van der Waals surface area contributed by atoms with Gasteiger partial charge in [0.05, 0.1) is 11.9 Å². The molecule has 0 bridgehead atoms. The Morgan fingerprint density at radius 1 is 1.75 bits per heavy atom. The Bertz CT molecular complexity index is 165. The summed E-state index contributed by atoms with van der Waals surface area (Å²) in [5.41, 5.74) is 1.05. The number of hydrogen-bond acceptors (Lipinski definition) is 1. The molecule has 0 spiro atoms. The van der Waals surface area contributed by atoms with Crippen LogP contribution in [0.2, 0.25) is 0 Å². The maximum atomic E-state index is 3.95. The van der Waals surface area contributed by atoms with Crippen LogP contribution < -0.4 is 0 Å². The van der Waals surface area contributed by atoms with Gasteiger partial charge < -0.3 is 0 Å². The molecule has 1 heterocycles. The summed E-state index contributed by atoms with van der Waals surface area (Å²) in [7, 11) is 0. The number of rotatable bonds is 0. The lowest BCUT2D eigenvalue weighted by Crippen LogP contribution is -1.81. The first-order valence-electron chi connectivity index (χ1n) is 2.30. The van der Waals surface area contributed by atoms with Gasteiger partial charge in [-0.25, -0.2) is 0 Å². The molecule has 0 aliphatic rings. The van der Waals surface area contributed by atoms with E-state index >= 15 is 0 Å². The smallest absolute Gasteiger partial charge is 0.0890 e. The van der Waals surface area contributed by atoms with Crippen molar-refractivity contribution < 1.29 is 0 Å². The van der Waals surface area contributed by atoms with Crippen LogP contribution in [0.5, 0.6) is 0 Å². The van der Waals surface area contributed by atoms with Crippen molar-refractivity contribution in [3.8, 4) is 0 Å². The quantitative estimate of drug-likeness (QED) is 0.605. The Kier molecular flexibility index (Phi) is 1.83. The van der Waals surface area contributed by atoms with Crippen LogP contribution in [0.1, 0.15) is 5.69 Å². The number of nitrogens with zero attached hydrogens (tertiary/aromatic N) is 1. The molecule has 41 valence electrons. The van der Waals surface area contributed by atoms with Crippen molar-refractivity contribution in [2.75, 3.05) is 0 Å². The number of hydrogen-bond donors (Lipinski definition) is 0. The zero-order chi connectivity index (χ0) is 5.98. The molecule has 0 saturated heterocycles. The van der Waals surface area contributed by atoms with Gasteiger partial charge in [-0.3, -0.25) is 4.98 Å². The molecular formula is C6H5IN. The number of halogens is 1. The van der Waals surface area contributed by atoms with Crippen LogP contribution in [0.3, 0.4) is 0 Å². The Morgan fingerprint density at radius 3 is 2.88 bits per heavy atom. The van der Waals surface area contributed by atoms with E-state index < -0.39 is 0 Å². The summed E-state index contributed by atoms with van der Waals surface area (Å²) in [6.45, 7) is 1.97. The summed E-state index contributed by atoms with van der Waals surface area (Å²) in [5.74, 6) is 0. The van der Waals surface area contributed by atoms with Crippen molar-refractivity contribution in [3.63, 3.8) is 0 Å². The molecule has 0 amide bonds. The minimum atomic E-state index is 1.05. The average Bonchev–Trinajstić information content (AvgIpc) is 1.77. The van der Waals surface area contributed by atoms with Crippen molar-refractivity contribution in [1.82, 2.24) is 4.98 Å². The zero-order valence-electron chi connectivity index (χ0n) is 4.48. The van der Waals surface area contributed by atoms with Gasteiger partial charge in [0, 0.05) is 3.57 Å². The first-order chi connectivity index (χ1) is 3.80. The van der Waals surface area contributed by atoms with Crippen LogP contribution in [0, 0.1) is 16.7 Å². The minimum Gasteiger partial charge on any atom is -0.250 e. The van der Waals surface area contributed by atoms with E-state index in [-0.39, 0.29) is 0 Å². The summed E-state index contributed by atoms with van der Waals surface area (Å²) in [6.07, 6.45) is 2.75. The molecule has 1 aromatic rings. The largest absolute Gasteiger partial charge is 0.250 e. The van der Waals surface area contributed by atoms with Crippen molar-refractivity contribution in [1.29, 1.82) is 0 Å². The lowest BCUT2D eigenvalue weighted by atomic mass is 10.4. The van der Waals surface area contributed by atoms with Crippen LogP contribution in [-0.2, 0) is 0 Å². The number of aryl methyl sites for hydroxylation is 1. The van der Waals surface area contributed by atoms with Crippen LogP contribution in [0.25, 0.3) is 0 Å². The number of aromatic nitrogens is 1. The van der Waals surface area contributed by atoms with E-state index in [2.05, 4.69) is 33.8 Å². The Labute approximate surface area is 62.3 Å². The molecular weight excluding hydrogens is 213 g/mol. The number of pyridine rings is 1. The molecule has 1 aromatic heterocycles. The summed E-state index contributed by atoms with van der Waals surface area (Å²) in [4.78, 5) is 3.95. The fourth-order valence-corrected chi connectivity index (χ4v) is 0.719. The van der Waals surface area contributed by atoms with Gasteiger partial charge in [0.1, 0.15) is 0 Å². The van der Waals surface area contributed by atoms with Crippen molar-refractivity contribution in [3.05, 3.63) is 27.6 Å². The van der Waals surface area contributed by atoms with E-state index in [0.717, 1.165) is 5.69 Å². The highest BCUT2D eigenvalue weighted by molar-refractivity contribution is 14.1. The van der Waals surface area contributed by atoms with Crippen LogP contribution >= 0.6 is 22.6 Å². The highest BCUT2D eigenvalue weighted by Crippen LogP contribution is 2.04. The Hall–Kier alpha value is -0.120. The van der Waals surface area contributed by atoms with Gasteiger partial charge in [-0.15, -0.1) is 0 Å². The predicted octanol–water partition coefficient (Wildman–Crippen LogP) is 1.79. The topological polar surface area (TPSA) is 12.9 Å². The third-order valence-electron chi connectivity index (χ3n) is 0.882. The molecule has 0 aliphatic carbocycles. The molecule has 0 unspecified atom stereocenters. The van der Waals surface area contributed by atoms with Crippen molar-refractivity contribution in [2.24, 2.45) is 0 Å². The van der Waals surface area contributed by atoms with E-state index in [1.165, 1.54) is 3.57 Å². The third kappa shape index (κ3) is 1.18. The van der Waals surface area contributed by atoms with E-state index in [9.17, 15) is 0 Å². The normalized spacial score (nSPS) is 9.25. The fraction of sp³-hybridized carbons (Fsp3) is 0.167. The van der Waals surface area contributed by atoms with E-state index in [1.54, 1.807) is 0 Å². The molecule has 0 atom stereocenters. The molecule has 0 saturated carbocycles. The van der Waals surface area contributed by atoms with E-state index in [1.807, 2.05) is 19.1 Å².